The highest BCUT2D eigenvalue weighted by molar-refractivity contribution is 5.74. The molecule has 0 fully saturated rings. The fourth-order valence-electron chi connectivity index (χ4n) is 0.927. The molecule has 0 aliphatic rings. The highest BCUT2D eigenvalue weighted by Crippen LogP contribution is 2.15. The zero-order valence-corrected chi connectivity index (χ0v) is 10.6. The normalized spacial score (nSPS) is 14.9. The summed E-state index contributed by atoms with van der Waals surface area (Å²) in [6.45, 7) is 5.93. The van der Waals surface area contributed by atoms with Crippen molar-refractivity contribution in [2.75, 3.05) is 6.61 Å². The SMILES string of the molecule is CC(O)C(=O)OCCC(C)(C)OC(=O)C(C)O. The van der Waals surface area contributed by atoms with Gasteiger partial charge in [-0.1, -0.05) is 0 Å². The predicted molar refractivity (Wildman–Crippen MR) is 59.1 cm³/mol. The van der Waals surface area contributed by atoms with Crippen LogP contribution < -0.4 is 0 Å². The van der Waals surface area contributed by atoms with Gasteiger partial charge >= 0.3 is 11.9 Å². The summed E-state index contributed by atoms with van der Waals surface area (Å²) in [5.41, 5.74) is -0.840. The minimum Gasteiger partial charge on any atom is -0.464 e. The van der Waals surface area contributed by atoms with E-state index in [9.17, 15) is 9.59 Å². The molecular weight excluding hydrogens is 228 g/mol. The third-order valence-corrected chi connectivity index (χ3v) is 2.01. The molecule has 0 saturated carbocycles. The second kappa shape index (κ2) is 6.56. The summed E-state index contributed by atoms with van der Waals surface area (Å²) in [6, 6.07) is 0. The second-order valence-corrected chi connectivity index (χ2v) is 4.45. The molecule has 0 rings (SSSR count). The number of esters is 2. The van der Waals surface area contributed by atoms with Crippen molar-refractivity contribution in [2.24, 2.45) is 0 Å². The van der Waals surface area contributed by atoms with Gasteiger partial charge < -0.3 is 19.7 Å². The molecule has 0 radical (unpaired) electrons. The standard InChI is InChI=1S/C11H20O6/c1-7(12)9(14)16-6-5-11(3,4)17-10(15)8(2)13/h7-8,12-13H,5-6H2,1-4H3. The molecule has 2 N–H and O–H groups in total. The number of aliphatic hydroxyl groups is 2. The molecule has 0 aliphatic heterocycles. The van der Waals surface area contributed by atoms with E-state index in [0.29, 0.717) is 0 Å². The van der Waals surface area contributed by atoms with E-state index >= 15 is 0 Å². The Morgan fingerprint density at radius 3 is 2.00 bits per heavy atom. The van der Waals surface area contributed by atoms with Crippen LogP contribution >= 0.6 is 0 Å². The van der Waals surface area contributed by atoms with E-state index in [-0.39, 0.29) is 13.0 Å². The minimum atomic E-state index is -1.19. The van der Waals surface area contributed by atoms with Gasteiger partial charge in [0.25, 0.3) is 0 Å². The van der Waals surface area contributed by atoms with E-state index in [2.05, 4.69) is 0 Å². The van der Waals surface area contributed by atoms with E-state index in [1.165, 1.54) is 13.8 Å². The zero-order chi connectivity index (χ0) is 13.6. The lowest BCUT2D eigenvalue weighted by Crippen LogP contribution is -2.34. The molecule has 2 unspecified atom stereocenters. The van der Waals surface area contributed by atoms with Crippen LogP contribution in [0.15, 0.2) is 0 Å². The molecule has 6 nitrogen and oxygen atoms in total. The number of rotatable bonds is 6. The van der Waals surface area contributed by atoms with Crippen molar-refractivity contribution in [3.63, 3.8) is 0 Å². The molecule has 2 atom stereocenters. The Bertz CT molecular complexity index is 269. The molecule has 0 spiro atoms. The average Bonchev–Trinajstić information content (AvgIpc) is 2.15. The monoisotopic (exact) mass is 248 g/mol. The molecule has 0 amide bonds. The smallest absolute Gasteiger partial charge is 0.335 e. The molecule has 0 aromatic heterocycles. The zero-order valence-electron chi connectivity index (χ0n) is 10.6. The van der Waals surface area contributed by atoms with Crippen LogP contribution in [-0.4, -0.2) is 46.6 Å². The van der Waals surface area contributed by atoms with Crippen molar-refractivity contribution in [1.82, 2.24) is 0 Å². The topological polar surface area (TPSA) is 93.1 Å². The molecule has 0 aliphatic carbocycles. The van der Waals surface area contributed by atoms with Gasteiger partial charge in [-0.2, -0.15) is 0 Å². The Morgan fingerprint density at radius 1 is 1.12 bits per heavy atom. The Kier molecular flexibility index (Phi) is 6.12. The summed E-state index contributed by atoms with van der Waals surface area (Å²) < 4.78 is 9.74. The number of ether oxygens (including phenoxy) is 2. The van der Waals surface area contributed by atoms with Gasteiger partial charge in [0, 0.05) is 6.42 Å². The van der Waals surface area contributed by atoms with Gasteiger partial charge in [-0.25, -0.2) is 9.59 Å². The predicted octanol–water partition coefficient (Wildman–Crippen LogP) is 0.00310. The van der Waals surface area contributed by atoms with Gasteiger partial charge in [0.1, 0.15) is 17.8 Å². The third kappa shape index (κ3) is 6.91. The first-order chi connectivity index (χ1) is 7.65. The van der Waals surface area contributed by atoms with Crippen LogP contribution in [0.25, 0.3) is 0 Å². The lowest BCUT2D eigenvalue weighted by Gasteiger charge is -2.25. The number of hydrogen-bond donors (Lipinski definition) is 2. The van der Waals surface area contributed by atoms with Crippen molar-refractivity contribution in [3.05, 3.63) is 0 Å². The first-order valence-corrected chi connectivity index (χ1v) is 5.41. The molecule has 0 saturated heterocycles. The summed E-state index contributed by atoms with van der Waals surface area (Å²) in [5.74, 6) is -1.44. The maximum absolute atomic E-state index is 11.1. The first-order valence-electron chi connectivity index (χ1n) is 5.41. The quantitative estimate of drug-likeness (QED) is 0.643. The number of aliphatic hydroxyl groups excluding tert-OH is 2. The molecule has 0 bridgehead atoms. The van der Waals surface area contributed by atoms with Crippen molar-refractivity contribution >= 4 is 11.9 Å². The Morgan fingerprint density at radius 2 is 1.59 bits per heavy atom. The summed E-state index contributed by atoms with van der Waals surface area (Å²) in [7, 11) is 0. The van der Waals surface area contributed by atoms with Crippen molar-refractivity contribution in [1.29, 1.82) is 0 Å². The van der Waals surface area contributed by atoms with Gasteiger partial charge in [0.15, 0.2) is 0 Å². The highest BCUT2D eigenvalue weighted by atomic mass is 16.6. The molecule has 0 aromatic carbocycles. The molecule has 100 valence electrons. The maximum Gasteiger partial charge on any atom is 0.335 e. The van der Waals surface area contributed by atoms with Crippen molar-refractivity contribution in [2.45, 2.75) is 51.9 Å². The lowest BCUT2D eigenvalue weighted by atomic mass is 10.1. The van der Waals surface area contributed by atoms with E-state index < -0.39 is 29.7 Å². The second-order valence-electron chi connectivity index (χ2n) is 4.45. The Labute approximate surface area is 101 Å². The van der Waals surface area contributed by atoms with Crippen molar-refractivity contribution in [3.8, 4) is 0 Å². The van der Waals surface area contributed by atoms with Crippen LogP contribution in [0.5, 0.6) is 0 Å². The summed E-state index contributed by atoms with van der Waals surface area (Å²) in [5, 5.41) is 17.9. The molecule has 6 heteroatoms. The lowest BCUT2D eigenvalue weighted by molar-refractivity contribution is -0.168. The van der Waals surface area contributed by atoms with E-state index in [1.807, 2.05) is 0 Å². The number of carbonyl (C=O) groups is 2. The molecular formula is C11H20O6. The van der Waals surface area contributed by atoms with Crippen LogP contribution in [0.1, 0.15) is 34.1 Å². The van der Waals surface area contributed by atoms with Crippen LogP contribution in [0.3, 0.4) is 0 Å². The van der Waals surface area contributed by atoms with Crippen LogP contribution in [-0.2, 0) is 19.1 Å². The van der Waals surface area contributed by atoms with E-state index in [0.717, 1.165) is 0 Å². The molecule has 0 heterocycles. The number of carbonyl (C=O) groups excluding carboxylic acids is 2. The molecule has 17 heavy (non-hydrogen) atoms. The Balaban J connectivity index is 4.02. The van der Waals surface area contributed by atoms with Gasteiger partial charge in [-0.3, -0.25) is 0 Å². The summed E-state index contributed by atoms with van der Waals surface area (Å²) in [6.07, 6.45) is -2.07. The summed E-state index contributed by atoms with van der Waals surface area (Å²) >= 11 is 0. The third-order valence-electron chi connectivity index (χ3n) is 2.01. The van der Waals surface area contributed by atoms with Gasteiger partial charge in [-0.05, 0) is 27.7 Å². The largest absolute Gasteiger partial charge is 0.464 e. The van der Waals surface area contributed by atoms with Crippen LogP contribution in [0, 0.1) is 0 Å². The molecule has 0 aromatic rings. The maximum atomic E-state index is 11.1. The average molecular weight is 248 g/mol. The summed E-state index contributed by atoms with van der Waals surface area (Å²) in [4.78, 5) is 22.1. The fourth-order valence-corrected chi connectivity index (χ4v) is 0.927. The van der Waals surface area contributed by atoms with Gasteiger partial charge in [0.2, 0.25) is 0 Å². The fraction of sp³-hybridized carbons (Fsp3) is 0.818. The number of hydrogen-bond acceptors (Lipinski definition) is 6. The minimum absolute atomic E-state index is 0.0316. The Hall–Kier alpha value is -1.14. The van der Waals surface area contributed by atoms with Gasteiger partial charge in [-0.15, -0.1) is 0 Å². The van der Waals surface area contributed by atoms with Crippen LogP contribution in [0.2, 0.25) is 0 Å². The van der Waals surface area contributed by atoms with E-state index in [1.54, 1.807) is 13.8 Å². The van der Waals surface area contributed by atoms with Gasteiger partial charge in [0.05, 0.1) is 6.61 Å². The highest BCUT2D eigenvalue weighted by Gasteiger charge is 2.25. The van der Waals surface area contributed by atoms with Crippen molar-refractivity contribution < 1.29 is 29.3 Å². The van der Waals surface area contributed by atoms with Crippen LogP contribution in [0.4, 0.5) is 0 Å². The first kappa shape index (κ1) is 15.9. The van der Waals surface area contributed by atoms with E-state index in [4.69, 9.17) is 19.7 Å².